The van der Waals surface area contributed by atoms with Crippen LogP contribution < -0.4 is 10.2 Å². The van der Waals surface area contributed by atoms with E-state index < -0.39 is 0 Å². The van der Waals surface area contributed by atoms with Crippen LogP contribution in [0.4, 0.5) is 5.95 Å². The van der Waals surface area contributed by atoms with Gasteiger partial charge in [-0.2, -0.15) is 0 Å². The van der Waals surface area contributed by atoms with Gasteiger partial charge in [0.05, 0.1) is 0 Å². The van der Waals surface area contributed by atoms with E-state index in [-0.39, 0.29) is 0 Å². The summed E-state index contributed by atoms with van der Waals surface area (Å²) in [6, 6.07) is 0.537. The minimum Gasteiger partial charge on any atom is -0.335 e. The standard InChI is InChI=1S/C9H18N6/c1-3-10-7-8-5-4-6-15(8)9-11-12-13-14(9)2/h8,10H,3-7H2,1-2H3. The lowest BCUT2D eigenvalue weighted by atomic mass is 10.2. The highest BCUT2D eigenvalue weighted by atomic mass is 15.6. The highest BCUT2D eigenvalue weighted by Gasteiger charge is 2.27. The zero-order valence-electron chi connectivity index (χ0n) is 9.35. The van der Waals surface area contributed by atoms with Crippen molar-refractivity contribution in [2.45, 2.75) is 25.8 Å². The van der Waals surface area contributed by atoms with Gasteiger partial charge in [0.25, 0.3) is 0 Å². The Morgan fingerprint density at radius 2 is 2.40 bits per heavy atom. The van der Waals surface area contributed by atoms with Gasteiger partial charge in [0.1, 0.15) is 0 Å². The van der Waals surface area contributed by atoms with Gasteiger partial charge in [0.2, 0.25) is 5.95 Å². The van der Waals surface area contributed by atoms with Crippen LogP contribution in [-0.4, -0.2) is 45.9 Å². The highest BCUT2D eigenvalue weighted by Crippen LogP contribution is 2.21. The Hall–Kier alpha value is -1.17. The summed E-state index contributed by atoms with van der Waals surface area (Å²) >= 11 is 0. The molecular formula is C9H18N6. The molecule has 0 radical (unpaired) electrons. The van der Waals surface area contributed by atoms with Gasteiger partial charge in [-0.15, -0.1) is 0 Å². The molecule has 1 fully saturated rings. The third kappa shape index (κ3) is 2.09. The van der Waals surface area contributed by atoms with Gasteiger partial charge < -0.3 is 10.2 Å². The van der Waals surface area contributed by atoms with Gasteiger partial charge >= 0.3 is 0 Å². The topological polar surface area (TPSA) is 58.9 Å². The maximum Gasteiger partial charge on any atom is 0.245 e. The minimum atomic E-state index is 0.537. The van der Waals surface area contributed by atoms with Crippen molar-refractivity contribution in [1.82, 2.24) is 25.5 Å². The Kier molecular flexibility index (Phi) is 3.15. The van der Waals surface area contributed by atoms with Crippen LogP contribution in [0.1, 0.15) is 19.8 Å². The van der Waals surface area contributed by atoms with Crippen molar-refractivity contribution in [2.24, 2.45) is 7.05 Å². The number of nitrogens with zero attached hydrogens (tertiary/aromatic N) is 5. The van der Waals surface area contributed by atoms with Gasteiger partial charge in [-0.1, -0.05) is 12.0 Å². The van der Waals surface area contributed by atoms with Gasteiger partial charge in [0, 0.05) is 26.2 Å². The summed E-state index contributed by atoms with van der Waals surface area (Å²) in [6.07, 6.45) is 2.45. The molecule has 1 N–H and O–H groups in total. The van der Waals surface area contributed by atoms with Crippen LogP contribution in [0.25, 0.3) is 0 Å². The molecule has 1 atom stereocenters. The second-order valence-electron chi connectivity index (χ2n) is 3.90. The number of anilines is 1. The van der Waals surface area contributed by atoms with Gasteiger partial charge in [-0.05, 0) is 29.8 Å². The van der Waals surface area contributed by atoms with E-state index in [0.29, 0.717) is 6.04 Å². The molecule has 0 saturated carbocycles. The molecule has 1 aliphatic heterocycles. The maximum atomic E-state index is 4.06. The van der Waals surface area contributed by atoms with E-state index in [4.69, 9.17) is 0 Å². The fourth-order valence-electron chi connectivity index (χ4n) is 2.09. The number of aromatic nitrogens is 4. The average molecular weight is 210 g/mol. The molecule has 0 spiro atoms. The Labute approximate surface area is 89.6 Å². The molecule has 1 aromatic rings. The van der Waals surface area contributed by atoms with E-state index in [2.05, 4.69) is 32.7 Å². The molecule has 84 valence electrons. The summed E-state index contributed by atoms with van der Waals surface area (Å²) < 4.78 is 1.74. The minimum absolute atomic E-state index is 0.537. The van der Waals surface area contributed by atoms with E-state index in [9.17, 15) is 0 Å². The summed E-state index contributed by atoms with van der Waals surface area (Å²) in [4.78, 5) is 2.29. The molecule has 0 bridgehead atoms. The normalized spacial score (nSPS) is 21.2. The van der Waals surface area contributed by atoms with Crippen molar-refractivity contribution in [3.63, 3.8) is 0 Å². The predicted molar refractivity (Wildman–Crippen MR) is 57.7 cm³/mol. The van der Waals surface area contributed by atoms with Crippen LogP contribution in [0.5, 0.6) is 0 Å². The number of hydrogen-bond donors (Lipinski definition) is 1. The average Bonchev–Trinajstić information content (AvgIpc) is 2.82. The zero-order valence-corrected chi connectivity index (χ0v) is 9.35. The van der Waals surface area contributed by atoms with Crippen molar-refractivity contribution in [1.29, 1.82) is 0 Å². The summed E-state index contributed by atoms with van der Waals surface area (Å²) in [5.41, 5.74) is 0. The first-order valence-electron chi connectivity index (χ1n) is 5.52. The van der Waals surface area contributed by atoms with Crippen LogP contribution in [0.3, 0.4) is 0 Å². The fraction of sp³-hybridized carbons (Fsp3) is 0.889. The summed E-state index contributed by atoms with van der Waals surface area (Å²) in [6.45, 7) is 5.22. The molecule has 6 heteroatoms. The Morgan fingerprint density at radius 1 is 1.53 bits per heavy atom. The van der Waals surface area contributed by atoms with E-state index in [1.165, 1.54) is 12.8 Å². The molecule has 15 heavy (non-hydrogen) atoms. The van der Waals surface area contributed by atoms with E-state index in [1.807, 2.05) is 7.05 Å². The lowest BCUT2D eigenvalue weighted by Gasteiger charge is -2.24. The second kappa shape index (κ2) is 4.57. The smallest absolute Gasteiger partial charge is 0.245 e. The Bertz CT molecular complexity index is 309. The molecule has 0 aliphatic carbocycles. The third-order valence-corrected chi connectivity index (χ3v) is 2.86. The molecule has 1 saturated heterocycles. The first-order chi connectivity index (χ1) is 7.33. The predicted octanol–water partition coefficient (Wildman–Crippen LogP) is -0.212. The van der Waals surface area contributed by atoms with Crippen LogP contribution in [0.2, 0.25) is 0 Å². The van der Waals surface area contributed by atoms with Crippen molar-refractivity contribution in [2.75, 3.05) is 24.5 Å². The first kappa shape index (κ1) is 10.4. The number of tetrazole rings is 1. The van der Waals surface area contributed by atoms with Crippen molar-refractivity contribution in [3.8, 4) is 0 Å². The zero-order chi connectivity index (χ0) is 10.7. The molecule has 1 aromatic heterocycles. The van der Waals surface area contributed by atoms with Crippen molar-refractivity contribution < 1.29 is 0 Å². The van der Waals surface area contributed by atoms with Crippen LogP contribution in [-0.2, 0) is 7.05 Å². The number of nitrogens with one attached hydrogen (secondary N) is 1. The number of hydrogen-bond acceptors (Lipinski definition) is 5. The molecule has 1 unspecified atom stereocenters. The number of aryl methyl sites for hydroxylation is 1. The molecular weight excluding hydrogens is 192 g/mol. The van der Waals surface area contributed by atoms with E-state index in [1.54, 1.807) is 4.68 Å². The number of rotatable bonds is 4. The Morgan fingerprint density at radius 3 is 3.07 bits per heavy atom. The van der Waals surface area contributed by atoms with Crippen molar-refractivity contribution in [3.05, 3.63) is 0 Å². The molecule has 2 heterocycles. The molecule has 1 aliphatic rings. The number of likely N-dealkylation sites (N-methyl/N-ethyl adjacent to an activating group) is 1. The largest absolute Gasteiger partial charge is 0.335 e. The molecule has 0 amide bonds. The third-order valence-electron chi connectivity index (χ3n) is 2.86. The highest BCUT2D eigenvalue weighted by molar-refractivity contribution is 5.32. The monoisotopic (exact) mass is 210 g/mol. The summed E-state index contributed by atoms with van der Waals surface area (Å²) in [5, 5.41) is 15.0. The molecule has 2 rings (SSSR count). The first-order valence-corrected chi connectivity index (χ1v) is 5.52. The molecule has 0 aromatic carbocycles. The van der Waals surface area contributed by atoms with E-state index >= 15 is 0 Å². The van der Waals surface area contributed by atoms with Gasteiger partial charge in [-0.3, -0.25) is 0 Å². The summed E-state index contributed by atoms with van der Waals surface area (Å²) in [7, 11) is 1.89. The lowest BCUT2D eigenvalue weighted by molar-refractivity contribution is 0.572. The molecule has 6 nitrogen and oxygen atoms in total. The summed E-state index contributed by atoms with van der Waals surface area (Å²) in [5.74, 6) is 0.885. The van der Waals surface area contributed by atoms with Crippen molar-refractivity contribution >= 4 is 5.95 Å². The van der Waals surface area contributed by atoms with Crippen LogP contribution in [0.15, 0.2) is 0 Å². The Balaban J connectivity index is 2.04. The SMILES string of the molecule is CCNCC1CCCN1c1nnnn1C. The van der Waals surface area contributed by atoms with Crippen LogP contribution in [0, 0.1) is 0 Å². The maximum absolute atomic E-state index is 4.06. The lowest BCUT2D eigenvalue weighted by Crippen LogP contribution is -2.39. The quantitative estimate of drug-likeness (QED) is 0.745. The van der Waals surface area contributed by atoms with Gasteiger partial charge in [-0.25, -0.2) is 4.68 Å². The van der Waals surface area contributed by atoms with E-state index in [0.717, 1.165) is 25.6 Å². The van der Waals surface area contributed by atoms with Gasteiger partial charge in [0.15, 0.2) is 0 Å². The van der Waals surface area contributed by atoms with Crippen LogP contribution >= 0.6 is 0 Å². The second-order valence-corrected chi connectivity index (χ2v) is 3.90. The fourth-order valence-corrected chi connectivity index (χ4v) is 2.09.